The molecule has 26 heavy (non-hydrogen) atoms. The number of hydrogen-bond donors (Lipinski definition) is 1. The lowest BCUT2D eigenvalue weighted by Crippen LogP contribution is -2.63. The molecule has 0 radical (unpaired) electrons. The first-order chi connectivity index (χ1) is 12.2. The summed E-state index contributed by atoms with van der Waals surface area (Å²) in [5, 5.41) is 10.8. The number of hydrogen-bond acceptors (Lipinski definition) is 6. The third-order valence-electron chi connectivity index (χ3n) is 5.87. The largest absolute Gasteiger partial charge is 0.390 e. The van der Waals surface area contributed by atoms with Crippen molar-refractivity contribution < 1.29 is 28.6 Å². The molecule has 2 fully saturated rings. The van der Waals surface area contributed by atoms with Crippen molar-refractivity contribution >= 4 is 5.91 Å². The number of aliphatic hydroxyl groups excluding tert-OH is 1. The Morgan fingerprint density at radius 2 is 1.92 bits per heavy atom. The molecule has 0 aromatic carbocycles. The second-order valence-corrected chi connectivity index (χ2v) is 8.24. The van der Waals surface area contributed by atoms with Crippen LogP contribution < -0.4 is 0 Å². The maximum Gasteiger partial charge on any atom is 0.237 e. The summed E-state index contributed by atoms with van der Waals surface area (Å²) in [6.45, 7) is 6.50. The van der Waals surface area contributed by atoms with Crippen LogP contribution in [0.4, 0.5) is 0 Å². The minimum Gasteiger partial charge on any atom is -0.390 e. The van der Waals surface area contributed by atoms with Crippen molar-refractivity contribution in [2.45, 2.75) is 31.5 Å². The molecule has 0 aromatic heterocycles. The van der Waals surface area contributed by atoms with Crippen molar-refractivity contribution in [2.75, 3.05) is 74.7 Å². The molecule has 8 nitrogen and oxygen atoms in total. The van der Waals surface area contributed by atoms with Crippen molar-refractivity contribution in [3.05, 3.63) is 0 Å². The van der Waals surface area contributed by atoms with Crippen molar-refractivity contribution in [2.24, 2.45) is 5.92 Å². The van der Waals surface area contributed by atoms with Crippen LogP contribution in [0, 0.1) is 5.92 Å². The van der Waals surface area contributed by atoms with E-state index in [1.54, 1.807) is 19.1 Å². The summed E-state index contributed by atoms with van der Waals surface area (Å²) in [4.78, 5) is 16.6. The number of ether oxygens (including phenoxy) is 3. The summed E-state index contributed by atoms with van der Waals surface area (Å²) < 4.78 is 17.5. The van der Waals surface area contributed by atoms with Gasteiger partial charge in [0.15, 0.2) is 6.29 Å². The van der Waals surface area contributed by atoms with E-state index in [1.165, 1.54) is 7.11 Å². The molecule has 0 aliphatic carbocycles. The number of piperazine rings is 1. The molecular formula is C18H36N3O5+. The van der Waals surface area contributed by atoms with Crippen molar-refractivity contribution in [1.82, 2.24) is 9.80 Å². The maximum absolute atomic E-state index is 12.8. The van der Waals surface area contributed by atoms with Gasteiger partial charge in [-0.25, -0.2) is 0 Å². The molecule has 2 heterocycles. The normalized spacial score (nSPS) is 35.3. The molecule has 152 valence electrons. The zero-order chi connectivity index (χ0) is 19.5. The SMILES string of the molecule is COCC1OC(OC)C(N(C)C(=O)CN2CC[N+](C)(C)CC2)C(O)C1C. The molecule has 2 saturated heterocycles. The quantitative estimate of drug-likeness (QED) is 0.615. The lowest BCUT2D eigenvalue weighted by molar-refractivity contribution is -0.894. The first-order valence-electron chi connectivity index (χ1n) is 9.35. The molecule has 2 rings (SSSR count). The first-order valence-corrected chi connectivity index (χ1v) is 9.35. The van der Waals surface area contributed by atoms with E-state index in [1.807, 2.05) is 6.92 Å². The highest BCUT2D eigenvalue weighted by molar-refractivity contribution is 5.78. The Balaban J connectivity index is 1.99. The molecule has 1 N–H and O–H groups in total. The van der Waals surface area contributed by atoms with Crippen LogP contribution >= 0.6 is 0 Å². The van der Waals surface area contributed by atoms with Crippen LogP contribution in [0.5, 0.6) is 0 Å². The van der Waals surface area contributed by atoms with Crippen LogP contribution in [-0.2, 0) is 19.0 Å². The second-order valence-electron chi connectivity index (χ2n) is 8.24. The van der Waals surface area contributed by atoms with E-state index in [-0.39, 0.29) is 17.9 Å². The number of aliphatic hydroxyl groups is 1. The summed E-state index contributed by atoms with van der Waals surface area (Å²) in [5.41, 5.74) is 0. The average molecular weight is 375 g/mol. The fourth-order valence-corrected chi connectivity index (χ4v) is 3.71. The zero-order valence-electron chi connectivity index (χ0n) is 17.1. The monoisotopic (exact) mass is 374 g/mol. The van der Waals surface area contributed by atoms with Gasteiger partial charge in [0.2, 0.25) is 5.91 Å². The van der Waals surface area contributed by atoms with Crippen molar-refractivity contribution in [1.29, 1.82) is 0 Å². The Kier molecular flexibility index (Phi) is 7.41. The summed E-state index contributed by atoms with van der Waals surface area (Å²) in [6.07, 6.45) is -1.67. The third kappa shape index (κ3) is 4.94. The van der Waals surface area contributed by atoms with Crippen molar-refractivity contribution in [3.63, 3.8) is 0 Å². The molecule has 8 heteroatoms. The smallest absolute Gasteiger partial charge is 0.237 e. The van der Waals surface area contributed by atoms with Gasteiger partial charge in [-0.05, 0) is 0 Å². The van der Waals surface area contributed by atoms with Gasteiger partial charge in [-0.2, -0.15) is 0 Å². The van der Waals surface area contributed by atoms with Gasteiger partial charge < -0.3 is 28.7 Å². The molecule has 2 aliphatic heterocycles. The number of quaternary nitrogens is 1. The Labute approximate surface area is 157 Å². The van der Waals surface area contributed by atoms with Crippen LogP contribution in [0.3, 0.4) is 0 Å². The van der Waals surface area contributed by atoms with Gasteiger partial charge in [0.1, 0.15) is 6.04 Å². The number of carbonyl (C=O) groups excluding carboxylic acids is 1. The maximum atomic E-state index is 12.8. The number of carbonyl (C=O) groups is 1. The van der Waals surface area contributed by atoms with E-state index in [0.717, 1.165) is 30.7 Å². The Hall–Kier alpha value is -0.770. The van der Waals surface area contributed by atoms with E-state index in [0.29, 0.717) is 13.2 Å². The number of methoxy groups -OCH3 is 2. The Morgan fingerprint density at radius 1 is 1.31 bits per heavy atom. The lowest BCUT2D eigenvalue weighted by atomic mass is 9.88. The number of nitrogens with zero attached hydrogens (tertiary/aromatic N) is 3. The van der Waals surface area contributed by atoms with Gasteiger partial charge in [-0.15, -0.1) is 0 Å². The summed E-state index contributed by atoms with van der Waals surface area (Å²) in [6, 6.07) is -0.535. The highest BCUT2D eigenvalue weighted by atomic mass is 16.7. The standard InChI is InChI=1S/C18H36N3O5/c1-13-14(12-24-5)26-18(25-6)16(17(13)23)19(2)15(22)11-20-7-9-21(3,4)10-8-20/h13-14,16-18,23H,7-12H2,1-6H3/q+1. The lowest BCUT2D eigenvalue weighted by Gasteiger charge is -2.46. The van der Waals surface area contributed by atoms with E-state index in [2.05, 4.69) is 19.0 Å². The van der Waals surface area contributed by atoms with Crippen LogP contribution in [0.15, 0.2) is 0 Å². The number of amides is 1. The third-order valence-corrected chi connectivity index (χ3v) is 5.87. The molecule has 1 amide bonds. The minimum absolute atomic E-state index is 0.0238. The van der Waals surface area contributed by atoms with Gasteiger partial charge in [0.25, 0.3) is 0 Å². The van der Waals surface area contributed by atoms with Gasteiger partial charge in [0.05, 0.1) is 52.5 Å². The summed E-state index contributed by atoms with van der Waals surface area (Å²) in [7, 11) is 9.28. The molecule has 0 spiro atoms. The number of likely N-dealkylation sites (N-methyl/N-ethyl adjacent to an activating group) is 2. The molecule has 2 aliphatic rings. The summed E-state index contributed by atoms with van der Waals surface area (Å²) >= 11 is 0. The van der Waals surface area contributed by atoms with Gasteiger partial charge in [-0.3, -0.25) is 9.69 Å². The minimum atomic E-state index is -0.736. The van der Waals surface area contributed by atoms with E-state index in [9.17, 15) is 9.90 Å². The van der Waals surface area contributed by atoms with E-state index >= 15 is 0 Å². The fraction of sp³-hybridized carbons (Fsp3) is 0.944. The van der Waals surface area contributed by atoms with Gasteiger partial charge in [-0.1, -0.05) is 6.92 Å². The van der Waals surface area contributed by atoms with Crippen LogP contribution in [-0.4, -0.2) is 125 Å². The first kappa shape index (κ1) is 21.5. The predicted molar refractivity (Wildman–Crippen MR) is 97.6 cm³/mol. The van der Waals surface area contributed by atoms with E-state index < -0.39 is 18.4 Å². The van der Waals surface area contributed by atoms with Crippen LogP contribution in [0.25, 0.3) is 0 Å². The van der Waals surface area contributed by atoms with E-state index in [4.69, 9.17) is 14.2 Å². The molecular weight excluding hydrogens is 338 g/mol. The highest BCUT2D eigenvalue weighted by Crippen LogP contribution is 2.29. The second kappa shape index (κ2) is 8.95. The molecule has 5 unspecified atom stereocenters. The van der Waals surface area contributed by atoms with Crippen LogP contribution in [0.1, 0.15) is 6.92 Å². The molecule has 0 bridgehead atoms. The molecule has 0 aromatic rings. The zero-order valence-corrected chi connectivity index (χ0v) is 17.1. The fourth-order valence-electron chi connectivity index (χ4n) is 3.71. The Morgan fingerprint density at radius 3 is 2.46 bits per heavy atom. The molecule has 0 saturated carbocycles. The van der Waals surface area contributed by atoms with Crippen molar-refractivity contribution in [3.8, 4) is 0 Å². The highest BCUT2D eigenvalue weighted by Gasteiger charge is 2.46. The molecule has 5 atom stereocenters. The van der Waals surface area contributed by atoms with Gasteiger partial charge >= 0.3 is 0 Å². The Bertz CT molecular complexity index is 464. The number of rotatable bonds is 6. The van der Waals surface area contributed by atoms with Gasteiger partial charge in [0, 0.05) is 40.3 Å². The van der Waals surface area contributed by atoms with Crippen LogP contribution in [0.2, 0.25) is 0 Å². The summed E-state index contributed by atoms with van der Waals surface area (Å²) in [5.74, 6) is -0.181. The average Bonchev–Trinajstić information content (AvgIpc) is 2.60. The predicted octanol–water partition coefficient (Wildman–Crippen LogP) is -0.780. The topological polar surface area (TPSA) is 71.5 Å².